The Labute approximate surface area is 180 Å². The van der Waals surface area contributed by atoms with Crippen molar-refractivity contribution < 1.29 is 27.9 Å². The Kier molecular flexibility index (Phi) is 9.76. The van der Waals surface area contributed by atoms with E-state index in [1.54, 1.807) is 12.1 Å². The third-order valence-electron chi connectivity index (χ3n) is 3.32. The summed E-state index contributed by atoms with van der Waals surface area (Å²) < 4.78 is 31.7. The molecule has 0 aliphatic heterocycles. The van der Waals surface area contributed by atoms with Gasteiger partial charge in [-0.15, -0.1) is 17.9 Å². The first-order valence-electron chi connectivity index (χ1n) is 8.30. The van der Waals surface area contributed by atoms with Gasteiger partial charge in [0.25, 0.3) is 0 Å². The Bertz CT molecular complexity index is 890. The number of amides is 2. The first-order chi connectivity index (χ1) is 13.9. The summed E-state index contributed by atoms with van der Waals surface area (Å²) >= 11 is 7.43. The van der Waals surface area contributed by atoms with Crippen molar-refractivity contribution in [2.45, 2.75) is 19.6 Å². The molecule has 0 saturated carbocycles. The van der Waals surface area contributed by atoms with Crippen LogP contribution in [0.25, 0.3) is 0 Å². The van der Waals surface area contributed by atoms with Crippen molar-refractivity contribution in [2.24, 2.45) is 0 Å². The number of hydrogen-bond acceptors (Lipinski definition) is 5. The van der Waals surface area contributed by atoms with Crippen LogP contribution in [-0.4, -0.2) is 46.8 Å². The fraction of sp³-hybridized carbons (Fsp3) is 0.278. The van der Waals surface area contributed by atoms with E-state index >= 15 is 0 Å². The molecule has 2 aromatic rings. The number of rotatable bonds is 6. The molecule has 0 atom stereocenters. The molecule has 0 spiro atoms. The van der Waals surface area contributed by atoms with Gasteiger partial charge >= 0.3 is 18.2 Å². The third kappa shape index (κ3) is 9.25. The number of aromatic nitrogens is 1. The third-order valence-corrected chi connectivity index (χ3v) is 4.53. The topological polar surface area (TPSA) is 94.6 Å². The van der Waals surface area contributed by atoms with E-state index in [0.717, 1.165) is 17.8 Å². The van der Waals surface area contributed by atoms with Crippen LogP contribution in [0.15, 0.2) is 36.2 Å². The zero-order valence-corrected chi connectivity index (χ0v) is 17.7. The number of aryl methyl sites for hydroxylation is 1. The molecule has 0 unspecified atom stereocenters. The first kappa shape index (κ1) is 25.4. The van der Waals surface area contributed by atoms with Gasteiger partial charge < -0.3 is 10.4 Å². The van der Waals surface area contributed by atoms with Gasteiger partial charge in [-0.1, -0.05) is 23.7 Å². The van der Waals surface area contributed by atoms with Crippen LogP contribution >= 0.6 is 22.9 Å². The van der Waals surface area contributed by atoms with Gasteiger partial charge in [0.05, 0.1) is 5.69 Å². The SMILES string of the molecule is C=CCN(C)Cc1csc(NC(=O)Nc2ccc(C)c(Cl)c2)n1.O=C(O)C(F)(F)F. The molecule has 0 saturated heterocycles. The van der Waals surface area contributed by atoms with E-state index in [9.17, 15) is 18.0 Å². The highest BCUT2D eigenvalue weighted by Crippen LogP contribution is 2.21. The molecule has 1 aromatic heterocycles. The monoisotopic (exact) mass is 464 g/mol. The van der Waals surface area contributed by atoms with Crippen molar-refractivity contribution in [1.29, 1.82) is 0 Å². The van der Waals surface area contributed by atoms with Gasteiger partial charge in [-0.3, -0.25) is 10.2 Å². The molecule has 3 N–H and O–H groups in total. The summed E-state index contributed by atoms with van der Waals surface area (Å²) in [6, 6.07) is 5.03. The number of aliphatic carboxylic acids is 1. The van der Waals surface area contributed by atoms with Gasteiger partial charge in [0, 0.05) is 29.2 Å². The zero-order chi connectivity index (χ0) is 22.9. The molecule has 7 nitrogen and oxygen atoms in total. The normalized spacial score (nSPS) is 10.8. The second-order valence-corrected chi connectivity index (χ2v) is 7.24. The van der Waals surface area contributed by atoms with Crippen LogP contribution < -0.4 is 10.6 Å². The van der Waals surface area contributed by atoms with Crippen LogP contribution in [0, 0.1) is 6.92 Å². The Morgan fingerprint density at radius 1 is 1.37 bits per heavy atom. The maximum absolute atomic E-state index is 12.0. The second kappa shape index (κ2) is 11.5. The van der Waals surface area contributed by atoms with E-state index in [2.05, 4.69) is 27.1 Å². The molecule has 0 aliphatic rings. The lowest BCUT2D eigenvalue weighted by atomic mass is 10.2. The van der Waals surface area contributed by atoms with Crippen LogP contribution in [0.3, 0.4) is 0 Å². The average molecular weight is 465 g/mol. The molecule has 2 amide bonds. The highest BCUT2D eigenvalue weighted by Gasteiger charge is 2.38. The Balaban J connectivity index is 0.000000553. The minimum atomic E-state index is -5.08. The second-order valence-electron chi connectivity index (χ2n) is 5.98. The van der Waals surface area contributed by atoms with Crippen molar-refractivity contribution >= 4 is 45.8 Å². The molecule has 30 heavy (non-hydrogen) atoms. The number of thiazole rings is 1. The summed E-state index contributed by atoms with van der Waals surface area (Å²) in [6.07, 6.45) is -3.24. The van der Waals surface area contributed by atoms with Crippen molar-refractivity contribution in [3.63, 3.8) is 0 Å². The summed E-state index contributed by atoms with van der Waals surface area (Å²) in [5.74, 6) is -2.76. The lowest BCUT2D eigenvalue weighted by Crippen LogP contribution is -2.21. The molecular formula is C18H20ClF3N4O3S. The largest absolute Gasteiger partial charge is 0.490 e. The standard InChI is InChI=1S/C16H19ClN4OS.C2HF3O2/c1-4-7-21(3)9-13-10-23-16(19-13)20-15(22)18-12-6-5-11(2)14(17)8-12;3-2(4,5)1(6)7/h4-6,8,10H,1,7,9H2,2-3H3,(H2,18,19,20,22);(H,6,7). The fourth-order valence-corrected chi connectivity index (χ4v) is 2.81. The first-order valence-corrected chi connectivity index (χ1v) is 9.56. The number of halogens is 4. The molecule has 0 radical (unpaired) electrons. The number of hydrogen-bond donors (Lipinski definition) is 3. The minimum Gasteiger partial charge on any atom is -0.475 e. The number of carbonyl (C=O) groups is 2. The fourth-order valence-electron chi connectivity index (χ4n) is 1.93. The number of nitrogens with zero attached hydrogens (tertiary/aromatic N) is 2. The quantitative estimate of drug-likeness (QED) is 0.523. The minimum absolute atomic E-state index is 0.342. The summed E-state index contributed by atoms with van der Waals surface area (Å²) in [5.41, 5.74) is 2.51. The van der Waals surface area contributed by atoms with Gasteiger partial charge in [0.2, 0.25) is 0 Å². The zero-order valence-electron chi connectivity index (χ0n) is 16.1. The van der Waals surface area contributed by atoms with Crippen LogP contribution in [0.4, 0.5) is 28.8 Å². The van der Waals surface area contributed by atoms with Crippen molar-refractivity contribution in [2.75, 3.05) is 24.2 Å². The Hall–Kier alpha value is -2.63. The number of alkyl halides is 3. The van der Waals surface area contributed by atoms with E-state index in [0.29, 0.717) is 22.4 Å². The van der Waals surface area contributed by atoms with E-state index in [1.165, 1.54) is 11.3 Å². The van der Waals surface area contributed by atoms with Crippen LogP contribution in [-0.2, 0) is 11.3 Å². The number of benzene rings is 1. The summed E-state index contributed by atoms with van der Waals surface area (Å²) in [6.45, 7) is 7.11. The predicted molar refractivity (Wildman–Crippen MR) is 111 cm³/mol. The van der Waals surface area contributed by atoms with Gasteiger partial charge in [-0.2, -0.15) is 13.2 Å². The van der Waals surface area contributed by atoms with Crippen molar-refractivity contribution in [3.8, 4) is 0 Å². The molecule has 0 fully saturated rings. The molecule has 12 heteroatoms. The number of nitrogens with one attached hydrogen (secondary N) is 2. The molecule has 0 bridgehead atoms. The number of likely N-dealkylation sites (N-methyl/N-ethyl adjacent to an activating group) is 1. The maximum Gasteiger partial charge on any atom is 0.490 e. The van der Waals surface area contributed by atoms with Crippen molar-refractivity contribution in [3.05, 3.63) is 52.5 Å². The molecular weight excluding hydrogens is 445 g/mol. The number of carboxylic acids is 1. The highest BCUT2D eigenvalue weighted by molar-refractivity contribution is 7.13. The van der Waals surface area contributed by atoms with Crippen molar-refractivity contribution in [1.82, 2.24) is 9.88 Å². The lowest BCUT2D eigenvalue weighted by Gasteiger charge is -2.11. The average Bonchev–Trinajstić information content (AvgIpc) is 3.04. The van der Waals surface area contributed by atoms with Gasteiger partial charge in [-0.05, 0) is 31.7 Å². The van der Waals surface area contributed by atoms with E-state index in [4.69, 9.17) is 21.5 Å². The number of carboxylic acid groups (broad SMARTS) is 1. The summed E-state index contributed by atoms with van der Waals surface area (Å²) in [7, 11) is 1.99. The van der Waals surface area contributed by atoms with Gasteiger partial charge in [0.15, 0.2) is 5.13 Å². The molecule has 1 heterocycles. The van der Waals surface area contributed by atoms with E-state index in [-0.39, 0.29) is 6.03 Å². The van der Waals surface area contributed by atoms with Crippen LogP contribution in [0.5, 0.6) is 0 Å². The van der Waals surface area contributed by atoms with Gasteiger partial charge in [-0.25, -0.2) is 14.6 Å². The smallest absolute Gasteiger partial charge is 0.475 e. The Morgan fingerprint density at radius 2 is 2.00 bits per heavy atom. The highest BCUT2D eigenvalue weighted by atomic mass is 35.5. The Morgan fingerprint density at radius 3 is 2.53 bits per heavy atom. The maximum atomic E-state index is 12.0. The van der Waals surface area contributed by atoms with Gasteiger partial charge in [0.1, 0.15) is 0 Å². The molecule has 1 aromatic carbocycles. The molecule has 2 rings (SSSR count). The number of urea groups is 1. The molecule has 164 valence electrons. The lowest BCUT2D eigenvalue weighted by molar-refractivity contribution is -0.192. The number of anilines is 2. The van der Waals surface area contributed by atoms with Crippen LogP contribution in [0.2, 0.25) is 5.02 Å². The molecule has 0 aliphatic carbocycles. The number of carbonyl (C=O) groups excluding carboxylic acids is 1. The summed E-state index contributed by atoms with van der Waals surface area (Å²) in [4.78, 5) is 27.4. The van der Waals surface area contributed by atoms with Crippen LogP contribution in [0.1, 0.15) is 11.3 Å². The summed E-state index contributed by atoms with van der Waals surface area (Å²) in [5, 5.41) is 15.7. The van der Waals surface area contributed by atoms with E-state index < -0.39 is 12.1 Å². The predicted octanol–water partition coefficient (Wildman–Crippen LogP) is 5.00. The van der Waals surface area contributed by atoms with E-state index in [1.807, 2.05) is 31.5 Å².